The van der Waals surface area contributed by atoms with Crippen molar-refractivity contribution in [3.05, 3.63) is 114 Å². The molecule has 40 heavy (non-hydrogen) atoms. The van der Waals surface area contributed by atoms with Crippen LogP contribution in [0.15, 0.2) is 103 Å². The molecular formula is C32H27N3O5. The number of hydrogen-bond acceptors (Lipinski definition) is 7. The third kappa shape index (κ3) is 4.49. The van der Waals surface area contributed by atoms with Gasteiger partial charge in [-0.3, -0.25) is 14.5 Å². The molecule has 2 heterocycles. The van der Waals surface area contributed by atoms with Gasteiger partial charge < -0.3 is 25.2 Å². The van der Waals surface area contributed by atoms with Crippen molar-refractivity contribution in [2.75, 3.05) is 35.3 Å². The lowest BCUT2D eigenvalue weighted by atomic mass is 9.94. The summed E-state index contributed by atoms with van der Waals surface area (Å²) in [6.07, 6.45) is 0. The lowest BCUT2D eigenvalue weighted by Gasteiger charge is -2.28. The molecule has 0 radical (unpaired) electrons. The van der Waals surface area contributed by atoms with Crippen LogP contribution in [0.2, 0.25) is 0 Å². The number of amides is 1. The zero-order valence-corrected chi connectivity index (χ0v) is 21.7. The van der Waals surface area contributed by atoms with Crippen molar-refractivity contribution in [1.82, 2.24) is 0 Å². The number of likely N-dealkylation sites (N-methyl/N-ethyl adjacent to an activating group) is 1. The molecule has 1 atom stereocenters. The van der Waals surface area contributed by atoms with Gasteiger partial charge in [-0.15, -0.1) is 0 Å². The number of aliphatic hydroxyl groups is 1. The Balaban J connectivity index is 1.43. The molecular weight excluding hydrogens is 506 g/mol. The van der Waals surface area contributed by atoms with Crippen LogP contribution in [0.3, 0.4) is 0 Å². The quantitative estimate of drug-likeness (QED) is 0.175. The van der Waals surface area contributed by atoms with Gasteiger partial charge in [0, 0.05) is 29.7 Å². The number of aromatic hydroxyl groups is 1. The van der Waals surface area contributed by atoms with Crippen LogP contribution in [0.25, 0.3) is 5.76 Å². The Bertz CT molecular complexity index is 1620. The first kappa shape index (κ1) is 25.1. The second-order valence-electron chi connectivity index (χ2n) is 9.75. The minimum absolute atomic E-state index is 0.0264. The maximum Gasteiger partial charge on any atom is 0.300 e. The van der Waals surface area contributed by atoms with Crippen LogP contribution >= 0.6 is 0 Å². The molecule has 3 N–H and O–H groups in total. The Morgan fingerprint density at radius 3 is 2.33 bits per heavy atom. The van der Waals surface area contributed by atoms with E-state index < -0.39 is 17.7 Å². The molecule has 2 aliphatic heterocycles. The number of phenolic OH excluding ortho intramolecular Hbond substituents is 1. The number of carbonyl (C=O) groups excluding carboxylic acids is 2. The lowest BCUT2D eigenvalue weighted by Crippen LogP contribution is -2.29. The highest BCUT2D eigenvalue weighted by Gasteiger charge is 2.47. The van der Waals surface area contributed by atoms with E-state index in [4.69, 9.17) is 4.74 Å². The van der Waals surface area contributed by atoms with E-state index in [9.17, 15) is 19.8 Å². The van der Waals surface area contributed by atoms with Gasteiger partial charge in [-0.05, 0) is 72.3 Å². The topological polar surface area (TPSA) is 102 Å². The fourth-order valence-electron chi connectivity index (χ4n) is 5.12. The summed E-state index contributed by atoms with van der Waals surface area (Å²) in [4.78, 5) is 30.4. The van der Waals surface area contributed by atoms with Gasteiger partial charge in [0.15, 0.2) is 0 Å². The van der Waals surface area contributed by atoms with Gasteiger partial charge in [0.25, 0.3) is 11.7 Å². The number of Topliss-reactive ketones (excluding diaryl/α,β-unsaturated/α-hetero) is 1. The monoisotopic (exact) mass is 533 g/mol. The van der Waals surface area contributed by atoms with Gasteiger partial charge >= 0.3 is 0 Å². The first-order valence-electron chi connectivity index (χ1n) is 12.9. The molecule has 4 aromatic carbocycles. The molecule has 8 heteroatoms. The Morgan fingerprint density at radius 2 is 1.60 bits per heavy atom. The Kier molecular flexibility index (Phi) is 6.36. The zero-order chi connectivity index (χ0) is 27.8. The number of carbonyl (C=O) groups is 2. The smallest absolute Gasteiger partial charge is 0.300 e. The molecule has 0 bridgehead atoms. The first-order chi connectivity index (χ1) is 19.4. The van der Waals surface area contributed by atoms with Crippen LogP contribution in [0.4, 0.5) is 22.7 Å². The number of ketones is 1. The highest BCUT2D eigenvalue weighted by molar-refractivity contribution is 6.51. The Hall–Kier alpha value is -5.24. The second-order valence-corrected chi connectivity index (χ2v) is 9.75. The summed E-state index contributed by atoms with van der Waals surface area (Å²) in [6, 6.07) is 27.4. The van der Waals surface area contributed by atoms with Crippen LogP contribution < -0.4 is 19.9 Å². The van der Waals surface area contributed by atoms with Gasteiger partial charge in [-0.25, -0.2) is 0 Å². The number of anilines is 4. The summed E-state index contributed by atoms with van der Waals surface area (Å²) in [5, 5.41) is 24.7. The van der Waals surface area contributed by atoms with Crippen LogP contribution in [0.1, 0.15) is 17.2 Å². The molecule has 0 spiro atoms. The van der Waals surface area contributed by atoms with Crippen LogP contribution in [0, 0.1) is 0 Å². The summed E-state index contributed by atoms with van der Waals surface area (Å²) in [6.45, 7) is 1.24. The predicted octanol–water partition coefficient (Wildman–Crippen LogP) is 5.59. The SMILES string of the molecule is CN1CCOc2ccc(/C(O)=C3/C(=O)C(=O)N(c4ccc(Nc5ccccc5)cc4)C3c3ccc(O)cc3)cc21. The minimum atomic E-state index is -0.904. The van der Waals surface area contributed by atoms with Crippen molar-refractivity contribution < 1.29 is 24.5 Å². The number of phenols is 1. The maximum absolute atomic E-state index is 13.5. The van der Waals surface area contributed by atoms with Crippen molar-refractivity contribution in [2.24, 2.45) is 0 Å². The molecule has 0 aliphatic carbocycles. The van der Waals surface area contributed by atoms with Crippen LogP contribution in [-0.2, 0) is 9.59 Å². The van der Waals surface area contributed by atoms with E-state index in [1.165, 1.54) is 17.0 Å². The number of aliphatic hydroxyl groups excluding tert-OH is 1. The van der Waals surface area contributed by atoms with Crippen LogP contribution in [-0.4, -0.2) is 42.1 Å². The number of para-hydroxylation sites is 1. The van der Waals surface area contributed by atoms with Crippen molar-refractivity contribution >= 4 is 40.2 Å². The highest BCUT2D eigenvalue weighted by Crippen LogP contribution is 2.43. The molecule has 8 nitrogen and oxygen atoms in total. The average Bonchev–Trinajstić information content (AvgIpc) is 3.24. The third-order valence-corrected chi connectivity index (χ3v) is 7.19. The third-order valence-electron chi connectivity index (χ3n) is 7.19. The van der Waals surface area contributed by atoms with E-state index in [-0.39, 0.29) is 17.1 Å². The number of nitrogens with one attached hydrogen (secondary N) is 1. The van der Waals surface area contributed by atoms with E-state index in [2.05, 4.69) is 5.32 Å². The number of rotatable bonds is 5. The van der Waals surface area contributed by atoms with Crippen LogP contribution in [0.5, 0.6) is 11.5 Å². The van der Waals surface area contributed by atoms with E-state index >= 15 is 0 Å². The second kappa shape index (κ2) is 10.1. The summed E-state index contributed by atoms with van der Waals surface area (Å²) in [7, 11) is 1.93. The fourth-order valence-corrected chi connectivity index (χ4v) is 5.12. The van der Waals surface area contributed by atoms with Gasteiger partial charge in [-0.1, -0.05) is 30.3 Å². The summed E-state index contributed by atoms with van der Waals surface area (Å²) in [5.41, 5.74) is 3.96. The maximum atomic E-state index is 13.5. The largest absolute Gasteiger partial charge is 0.508 e. The van der Waals surface area contributed by atoms with E-state index in [0.29, 0.717) is 35.7 Å². The highest BCUT2D eigenvalue weighted by atomic mass is 16.5. The van der Waals surface area contributed by atoms with E-state index in [0.717, 1.165) is 17.1 Å². The molecule has 1 fully saturated rings. The normalized spacial score (nSPS) is 17.9. The van der Waals surface area contributed by atoms with E-state index in [1.807, 2.05) is 54.4 Å². The van der Waals surface area contributed by atoms with Crippen molar-refractivity contribution in [1.29, 1.82) is 0 Å². The average molecular weight is 534 g/mol. The minimum Gasteiger partial charge on any atom is -0.508 e. The van der Waals surface area contributed by atoms with Crippen molar-refractivity contribution in [3.63, 3.8) is 0 Å². The molecule has 1 saturated heterocycles. The molecule has 4 aromatic rings. The molecule has 200 valence electrons. The molecule has 0 saturated carbocycles. The molecule has 2 aliphatic rings. The molecule has 1 unspecified atom stereocenters. The number of ether oxygens (including phenoxy) is 1. The molecule has 6 rings (SSSR count). The Labute approximate surface area is 231 Å². The zero-order valence-electron chi connectivity index (χ0n) is 21.7. The summed E-state index contributed by atoms with van der Waals surface area (Å²) >= 11 is 0. The number of hydrogen-bond donors (Lipinski definition) is 3. The molecule has 0 aromatic heterocycles. The molecule has 1 amide bonds. The van der Waals surface area contributed by atoms with Crippen molar-refractivity contribution in [3.8, 4) is 11.5 Å². The Morgan fingerprint density at radius 1 is 0.900 bits per heavy atom. The van der Waals surface area contributed by atoms with E-state index in [1.54, 1.807) is 42.5 Å². The standard InChI is InChI=1S/C32H27N3O5/c1-34-17-18-40-27-16-9-21(19-26(27)34)30(37)28-29(20-7-14-25(36)15-8-20)35(32(39)31(28)38)24-12-10-23(11-13-24)33-22-5-3-2-4-6-22/h2-16,19,29,33,36-37H,17-18H2,1H3/b30-28-. The first-order valence-corrected chi connectivity index (χ1v) is 12.9. The van der Waals surface area contributed by atoms with Crippen molar-refractivity contribution in [2.45, 2.75) is 6.04 Å². The van der Waals surface area contributed by atoms with Gasteiger partial charge in [0.05, 0.1) is 23.8 Å². The number of benzene rings is 4. The number of nitrogens with zero attached hydrogens (tertiary/aromatic N) is 2. The predicted molar refractivity (Wildman–Crippen MR) is 154 cm³/mol. The van der Waals surface area contributed by atoms with Gasteiger partial charge in [0.2, 0.25) is 0 Å². The summed E-state index contributed by atoms with van der Waals surface area (Å²) in [5.74, 6) is -1.07. The van der Waals surface area contributed by atoms with Gasteiger partial charge in [0.1, 0.15) is 23.9 Å². The number of fused-ring (bicyclic) bond motifs is 1. The lowest BCUT2D eigenvalue weighted by molar-refractivity contribution is -0.132. The fraction of sp³-hybridized carbons (Fsp3) is 0.125. The van der Waals surface area contributed by atoms with Gasteiger partial charge in [-0.2, -0.15) is 0 Å². The summed E-state index contributed by atoms with van der Waals surface area (Å²) < 4.78 is 5.72.